The molecule has 1 aromatic carbocycles. The summed E-state index contributed by atoms with van der Waals surface area (Å²) in [5, 5.41) is 4.12. The van der Waals surface area contributed by atoms with Crippen molar-refractivity contribution < 1.29 is 27.4 Å². The van der Waals surface area contributed by atoms with Gasteiger partial charge in [0.2, 0.25) is 0 Å². The first-order valence-corrected chi connectivity index (χ1v) is 10.5. The van der Waals surface area contributed by atoms with E-state index in [1.165, 1.54) is 12.4 Å². The maximum atomic E-state index is 13.9. The van der Waals surface area contributed by atoms with Gasteiger partial charge in [-0.25, -0.2) is 19.7 Å². The van der Waals surface area contributed by atoms with E-state index < -0.39 is 29.2 Å². The average Bonchev–Trinajstić information content (AvgIpc) is 3.03. The molecule has 1 aliphatic heterocycles. The zero-order chi connectivity index (χ0) is 24.1. The molecule has 0 atom stereocenters. The average molecular weight is 526 g/mol. The van der Waals surface area contributed by atoms with Gasteiger partial charge in [-0.3, -0.25) is 4.68 Å². The monoisotopic (exact) mass is 525 g/mol. The Hall–Kier alpha value is -3.15. The normalized spacial score (nSPS) is 13.6. The van der Waals surface area contributed by atoms with Gasteiger partial charge in [-0.1, -0.05) is 15.9 Å². The Morgan fingerprint density at radius 3 is 2.55 bits per heavy atom. The quantitative estimate of drug-likeness (QED) is 0.409. The smallest absolute Gasteiger partial charge is 0.420 e. The highest BCUT2D eigenvalue weighted by Crippen LogP contribution is 2.49. The molecule has 12 heteroatoms. The lowest BCUT2D eigenvalue weighted by molar-refractivity contribution is -0.139. The minimum absolute atomic E-state index is 0.0584. The maximum absolute atomic E-state index is 13.9. The maximum Gasteiger partial charge on any atom is 0.420 e. The van der Waals surface area contributed by atoms with Crippen molar-refractivity contribution in [1.82, 2.24) is 19.7 Å². The van der Waals surface area contributed by atoms with Crippen molar-refractivity contribution in [2.45, 2.75) is 39.2 Å². The van der Waals surface area contributed by atoms with Crippen molar-refractivity contribution in [3.63, 3.8) is 0 Å². The Bertz CT molecular complexity index is 1240. The van der Waals surface area contributed by atoms with Crippen LogP contribution in [0.15, 0.2) is 35.3 Å². The molecular weight excluding hydrogens is 507 g/mol. The van der Waals surface area contributed by atoms with E-state index in [9.17, 15) is 18.0 Å². The van der Waals surface area contributed by atoms with Crippen LogP contribution in [0.25, 0.3) is 11.3 Å². The standard InChI is InChI=1S/C21H19BrF3N5O3/c1-20(2,3)33-19(31)30-15-6-12(22)5-14(21(23,24)25)17(15)32-9-13-16(26-10-27-18(13)30)11-7-28-29(4)8-11/h5-8,10H,9H2,1-4H3. The molecule has 1 aliphatic rings. The molecule has 33 heavy (non-hydrogen) atoms. The van der Waals surface area contributed by atoms with Crippen molar-refractivity contribution in [2.24, 2.45) is 7.05 Å². The van der Waals surface area contributed by atoms with Crippen LogP contribution in [0.1, 0.15) is 31.9 Å². The van der Waals surface area contributed by atoms with E-state index in [2.05, 4.69) is 31.0 Å². The molecule has 0 spiro atoms. The highest BCUT2D eigenvalue weighted by Gasteiger charge is 2.41. The number of amides is 1. The van der Waals surface area contributed by atoms with Crippen LogP contribution >= 0.6 is 15.9 Å². The number of halogens is 4. The lowest BCUT2D eigenvalue weighted by Gasteiger charge is -2.28. The van der Waals surface area contributed by atoms with Gasteiger partial charge in [-0.2, -0.15) is 18.3 Å². The fraction of sp³-hybridized carbons (Fsp3) is 0.333. The minimum atomic E-state index is -4.73. The molecule has 4 rings (SSSR count). The summed E-state index contributed by atoms with van der Waals surface area (Å²) in [6.07, 6.45) is -1.17. The molecule has 1 amide bonds. The zero-order valence-electron chi connectivity index (χ0n) is 18.1. The highest BCUT2D eigenvalue weighted by molar-refractivity contribution is 9.10. The Morgan fingerprint density at radius 1 is 1.21 bits per heavy atom. The van der Waals surface area contributed by atoms with Crippen molar-refractivity contribution >= 4 is 33.5 Å². The number of carbonyl (C=O) groups excluding carboxylic acids is 1. The second-order valence-corrected chi connectivity index (χ2v) is 9.25. The Balaban J connectivity index is 1.99. The molecule has 0 fully saturated rings. The van der Waals surface area contributed by atoms with E-state index >= 15 is 0 Å². The molecule has 0 unspecified atom stereocenters. The molecule has 0 saturated heterocycles. The fourth-order valence-electron chi connectivity index (χ4n) is 3.38. The summed E-state index contributed by atoms with van der Waals surface area (Å²) in [5.74, 6) is -0.449. The van der Waals surface area contributed by atoms with Gasteiger partial charge in [-0.05, 0) is 32.9 Å². The van der Waals surface area contributed by atoms with E-state index in [0.29, 0.717) is 16.8 Å². The van der Waals surface area contributed by atoms with Crippen LogP contribution in [0.5, 0.6) is 5.75 Å². The van der Waals surface area contributed by atoms with Gasteiger partial charge in [0.25, 0.3) is 0 Å². The lowest BCUT2D eigenvalue weighted by Crippen LogP contribution is -2.34. The van der Waals surface area contributed by atoms with Gasteiger partial charge in [-0.15, -0.1) is 0 Å². The van der Waals surface area contributed by atoms with Crippen molar-refractivity contribution in [2.75, 3.05) is 4.90 Å². The summed E-state index contributed by atoms with van der Waals surface area (Å²) in [6, 6.07) is 2.26. The summed E-state index contributed by atoms with van der Waals surface area (Å²) >= 11 is 3.11. The molecule has 174 valence electrons. The second-order valence-electron chi connectivity index (χ2n) is 8.33. The summed E-state index contributed by atoms with van der Waals surface area (Å²) < 4.78 is 54.5. The van der Waals surface area contributed by atoms with Crippen LogP contribution in [-0.4, -0.2) is 31.4 Å². The zero-order valence-corrected chi connectivity index (χ0v) is 19.7. The van der Waals surface area contributed by atoms with Crippen molar-refractivity contribution in [3.05, 3.63) is 46.5 Å². The Morgan fingerprint density at radius 2 is 1.94 bits per heavy atom. The molecule has 3 heterocycles. The van der Waals surface area contributed by atoms with E-state index in [1.54, 1.807) is 44.9 Å². The number of anilines is 2. The topological polar surface area (TPSA) is 82.4 Å². The number of hydrogen-bond acceptors (Lipinski definition) is 6. The summed E-state index contributed by atoms with van der Waals surface area (Å²) in [4.78, 5) is 22.8. The molecule has 2 aromatic heterocycles. The first-order valence-electron chi connectivity index (χ1n) is 9.74. The first-order chi connectivity index (χ1) is 15.3. The number of aromatic nitrogens is 4. The molecular formula is C21H19BrF3N5O3. The molecule has 0 N–H and O–H groups in total. The van der Waals surface area contributed by atoms with Gasteiger partial charge in [0.1, 0.15) is 24.1 Å². The van der Waals surface area contributed by atoms with E-state index in [4.69, 9.17) is 9.47 Å². The van der Waals surface area contributed by atoms with Gasteiger partial charge in [0.15, 0.2) is 11.6 Å². The van der Waals surface area contributed by atoms with Gasteiger partial charge < -0.3 is 9.47 Å². The lowest BCUT2D eigenvalue weighted by atomic mass is 10.1. The van der Waals surface area contributed by atoms with Crippen LogP contribution in [-0.2, 0) is 24.6 Å². The fourth-order valence-corrected chi connectivity index (χ4v) is 3.83. The molecule has 3 aromatic rings. The number of rotatable bonds is 1. The van der Waals surface area contributed by atoms with Crippen molar-refractivity contribution in [3.8, 4) is 17.0 Å². The Kier molecular flexibility index (Phi) is 5.59. The number of carbonyl (C=O) groups is 1. The first kappa shape index (κ1) is 23.0. The highest BCUT2D eigenvalue weighted by atomic mass is 79.9. The Labute approximate surface area is 195 Å². The summed E-state index contributed by atoms with van der Waals surface area (Å²) in [5.41, 5.74) is -0.821. The summed E-state index contributed by atoms with van der Waals surface area (Å²) in [7, 11) is 1.72. The summed E-state index contributed by atoms with van der Waals surface area (Å²) in [6.45, 7) is 4.66. The largest absolute Gasteiger partial charge is 0.486 e. The second kappa shape index (κ2) is 8.01. The number of aryl methyl sites for hydroxylation is 1. The number of hydrogen-bond donors (Lipinski definition) is 0. The van der Waals surface area contributed by atoms with Crippen molar-refractivity contribution in [1.29, 1.82) is 0 Å². The van der Waals surface area contributed by atoms with E-state index in [-0.39, 0.29) is 22.6 Å². The minimum Gasteiger partial charge on any atom is -0.486 e. The third-order valence-electron chi connectivity index (χ3n) is 4.63. The van der Waals surface area contributed by atoms with E-state index in [0.717, 1.165) is 11.0 Å². The number of nitrogens with zero attached hydrogens (tertiary/aromatic N) is 5. The molecule has 0 bridgehead atoms. The van der Waals surface area contributed by atoms with Crippen LogP contribution < -0.4 is 9.64 Å². The van der Waals surface area contributed by atoms with Gasteiger partial charge in [0.05, 0.1) is 23.1 Å². The van der Waals surface area contributed by atoms with Crippen LogP contribution in [0.2, 0.25) is 0 Å². The SMILES string of the molecule is Cn1cc(-c2ncnc3c2COc2c(cc(Br)cc2C(F)(F)F)N3C(=O)OC(C)(C)C)cn1. The molecule has 8 nitrogen and oxygen atoms in total. The number of benzene rings is 1. The number of alkyl halides is 3. The molecule has 0 radical (unpaired) electrons. The number of fused-ring (bicyclic) bond motifs is 2. The van der Waals surface area contributed by atoms with Gasteiger partial charge >= 0.3 is 12.3 Å². The van der Waals surface area contributed by atoms with Crippen LogP contribution in [0.3, 0.4) is 0 Å². The van der Waals surface area contributed by atoms with Crippen LogP contribution in [0, 0.1) is 0 Å². The van der Waals surface area contributed by atoms with Crippen LogP contribution in [0.4, 0.5) is 29.5 Å². The third-order valence-corrected chi connectivity index (χ3v) is 5.09. The predicted octanol–water partition coefficient (Wildman–Crippen LogP) is 5.62. The number of ether oxygens (including phenoxy) is 2. The van der Waals surface area contributed by atoms with Gasteiger partial charge in [0, 0.05) is 23.3 Å². The molecule has 0 saturated carbocycles. The predicted molar refractivity (Wildman–Crippen MR) is 116 cm³/mol. The molecule has 0 aliphatic carbocycles. The van der Waals surface area contributed by atoms with E-state index in [1.807, 2.05) is 0 Å². The third kappa shape index (κ3) is 4.52.